The lowest BCUT2D eigenvalue weighted by molar-refractivity contribution is -0.0663. The highest BCUT2D eigenvalue weighted by Crippen LogP contribution is 2.31. The van der Waals surface area contributed by atoms with Crippen molar-refractivity contribution in [2.75, 3.05) is 23.7 Å². The van der Waals surface area contributed by atoms with Crippen LogP contribution in [0.2, 0.25) is 0 Å². The first-order valence-corrected chi connectivity index (χ1v) is 13.2. The van der Waals surface area contributed by atoms with Gasteiger partial charge in [-0.05, 0) is 56.8 Å². The third-order valence-corrected chi connectivity index (χ3v) is 7.68. The number of likely N-dealkylation sites (tertiary alicyclic amines) is 1. The Bertz CT molecular complexity index is 1150. The summed E-state index contributed by atoms with van der Waals surface area (Å²) in [6, 6.07) is 7.90. The van der Waals surface area contributed by atoms with Gasteiger partial charge in [0.1, 0.15) is 5.82 Å². The summed E-state index contributed by atoms with van der Waals surface area (Å²) in [7, 11) is 0. The molecule has 3 N–H and O–H groups in total. The van der Waals surface area contributed by atoms with Crippen LogP contribution in [0.15, 0.2) is 28.7 Å². The number of aliphatic hydroxyl groups is 1. The highest BCUT2D eigenvalue weighted by molar-refractivity contribution is 9.10. The summed E-state index contributed by atoms with van der Waals surface area (Å²) in [4.78, 5) is 15.7. The fourth-order valence-electron chi connectivity index (χ4n) is 4.58. The number of benzene rings is 1. The highest BCUT2D eigenvalue weighted by Gasteiger charge is 2.35. The van der Waals surface area contributed by atoms with Crippen molar-refractivity contribution in [2.24, 2.45) is 0 Å². The molecule has 34 heavy (non-hydrogen) atoms. The lowest BCUT2D eigenvalue weighted by atomic mass is 9.93. The van der Waals surface area contributed by atoms with E-state index in [9.17, 15) is 13.9 Å². The van der Waals surface area contributed by atoms with Gasteiger partial charge in [-0.25, -0.2) is 18.7 Å². The molecule has 7 nitrogen and oxygen atoms in total. The van der Waals surface area contributed by atoms with Gasteiger partial charge in [0.25, 0.3) is 5.92 Å². The second kappa shape index (κ2) is 9.96. The number of anilines is 3. The predicted molar refractivity (Wildman–Crippen MR) is 134 cm³/mol. The molecule has 3 heterocycles. The van der Waals surface area contributed by atoms with E-state index in [1.54, 1.807) is 4.90 Å². The van der Waals surface area contributed by atoms with E-state index in [4.69, 9.17) is 0 Å². The molecule has 0 unspecified atom stereocenters. The molecule has 2 aliphatic rings. The number of halogens is 3. The van der Waals surface area contributed by atoms with Crippen molar-refractivity contribution in [2.45, 2.75) is 63.1 Å². The van der Waals surface area contributed by atoms with Crippen molar-refractivity contribution in [1.29, 1.82) is 0 Å². The summed E-state index contributed by atoms with van der Waals surface area (Å²) >= 11 is 5.01. The van der Waals surface area contributed by atoms with Gasteiger partial charge in [0.05, 0.1) is 28.6 Å². The first-order valence-electron chi connectivity index (χ1n) is 11.6. The monoisotopic (exact) mass is 552 g/mol. The number of nitrogens with one attached hydrogen (secondary N) is 2. The van der Waals surface area contributed by atoms with Crippen molar-refractivity contribution >= 4 is 54.4 Å². The highest BCUT2D eigenvalue weighted by atomic mass is 79.9. The van der Waals surface area contributed by atoms with Crippen molar-refractivity contribution < 1.29 is 13.9 Å². The molecule has 0 bridgehead atoms. The van der Waals surface area contributed by atoms with Crippen molar-refractivity contribution in [3.05, 3.63) is 34.4 Å². The fourth-order valence-corrected chi connectivity index (χ4v) is 6.01. The lowest BCUT2D eigenvalue weighted by Crippen LogP contribution is -2.42. The van der Waals surface area contributed by atoms with Gasteiger partial charge in [-0.2, -0.15) is 4.98 Å². The molecule has 1 saturated heterocycles. The van der Waals surface area contributed by atoms with Gasteiger partial charge in [-0.3, -0.25) is 4.90 Å². The third-order valence-electron chi connectivity index (χ3n) is 6.25. The maximum atomic E-state index is 13.9. The summed E-state index contributed by atoms with van der Waals surface area (Å²) in [6.45, 7) is 0.700. The normalized spacial score (nSPS) is 23.2. The molecule has 5 rings (SSSR count). The molecule has 0 radical (unpaired) electrons. The quantitative estimate of drug-likeness (QED) is 0.370. The minimum Gasteiger partial charge on any atom is -0.393 e. The van der Waals surface area contributed by atoms with E-state index in [2.05, 4.69) is 41.5 Å². The second-order valence-electron chi connectivity index (χ2n) is 9.14. The molecular formula is C23H27BrF2N6OS. The Hall–Kier alpha value is -1.95. The number of nitrogens with zero attached hydrogens (tertiary/aromatic N) is 4. The molecule has 1 saturated carbocycles. The van der Waals surface area contributed by atoms with Gasteiger partial charge < -0.3 is 15.7 Å². The Morgan fingerprint density at radius 1 is 1.15 bits per heavy atom. The van der Waals surface area contributed by atoms with Crippen LogP contribution in [0, 0.1) is 0 Å². The summed E-state index contributed by atoms with van der Waals surface area (Å²) < 4.78 is 29.9. The zero-order chi connectivity index (χ0) is 23.7. The number of thiazole rings is 1. The molecule has 0 amide bonds. The lowest BCUT2D eigenvalue weighted by Gasteiger charge is -2.32. The molecule has 1 aliphatic carbocycles. The number of hydrogen-bond acceptors (Lipinski definition) is 8. The van der Waals surface area contributed by atoms with Crippen LogP contribution in [0.25, 0.3) is 10.2 Å². The zero-order valence-electron chi connectivity index (χ0n) is 18.6. The van der Waals surface area contributed by atoms with Gasteiger partial charge in [0.15, 0.2) is 5.13 Å². The first-order chi connectivity index (χ1) is 16.3. The van der Waals surface area contributed by atoms with E-state index in [0.29, 0.717) is 42.1 Å². The van der Waals surface area contributed by atoms with E-state index in [0.717, 1.165) is 40.4 Å². The first kappa shape index (κ1) is 23.8. The molecule has 11 heteroatoms. The van der Waals surface area contributed by atoms with E-state index < -0.39 is 5.92 Å². The predicted octanol–water partition coefficient (Wildman–Crippen LogP) is 5.54. The van der Waals surface area contributed by atoms with Crippen LogP contribution in [0.5, 0.6) is 0 Å². The minimum absolute atomic E-state index is 0.0614. The van der Waals surface area contributed by atoms with Gasteiger partial charge in [-0.15, -0.1) is 0 Å². The Morgan fingerprint density at radius 2 is 1.97 bits per heavy atom. The molecule has 2 fully saturated rings. The fraction of sp³-hybridized carbons (Fsp3) is 0.522. The van der Waals surface area contributed by atoms with E-state index >= 15 is 0 Å². The van der Waals surface area contributed by atoms with Gasteiger partial charge >= 0.3 is 0 Å². The van der Waals surface area contributed by atoms with Crippen LogP contribution in [-0.2, 0) is 6.54 Å². The molecule has 182 valence electrons. The number of hydrogen-bond donors (Lipinski definition) is 3. The zero-order valence-corrected chi connectivity index (χ0v) is 21.0. The number of aliphatic hydroxyl groups excluding tert-OH is 1. The number of rotatable bonds is 6. The van der Waals surface area contributed by atoms with Crippen LogP contribution in [0.3, 0.4) is 0 Å². The molecule has 1 aliphatic heterocycles. The van der Waals surface area contributed by atoms with Gasteiger partial charge in [-0.1, -0.05) is 27.3 Å². The van der Waals surface area contributed by atoms with Crippen molar-refractivity contribution in [1.82, 2.24) is 19.9 Å². The van der Waals surface area contributed by atoms with Crippen LogP contribution < -0.4 is 10.6 Å². The Kier molecular flexibility index (Phi) is 6.97. The van der Waals surface area contributed by atoms with E-state index in [-0.39, 0.29) is 25.1 Å². The number of aromatic nitrogens is 3. The number of alkyl halides is 2. The van der Waals surface area contributed by atoms with Crippen molar-refractivity contribution in [3.8, 4) is 0 Å². The third kappa shape index (κ3) is 5.99. The average Bonchev–Trinajstić information content (AvgIpc) is 3.15. The number of fused-ring (bicyclic) bond motifs is 1. The molecule has 0 atom stereocenters. The van der Waals surface area contributed by atoms with Crippen LogP contribution >= 0.6 is 27.3 Å². The minimum atomic E-state index is -2.66. The van der Waals surface area contributed by atoms with Crippen LogP contribution in [0.1, 0.15) is 44.2 Å². The standard InChI is InChI=1S/C23H27BrF2N6OS/c24-14-2-7-18-19(10-14)34-22(29-18)31-20-11-16(12-32-9-1-8-23(25,26)13-32)28-21(30-20)27-15-3-5-17(33)6-4-15/h2,7,10-11,15,17,33H,1,3-6,8-9,12-13H2,(H2,27,28,29,30,31)/t15-,17-. The van der Waals surface area contributed by atoms with E-state index in [1.165, 1.54) is 11.3 Å². The topological polar surface area (TPSA) is 86.2 Å². The molecule has 0 spiro atoms. The van der Waals surface area contributed by atoms with Gasteiger partial charge in [0.2, 0.25) is 5.95 Å². The maximum Gasteiger partial charge on any atom is 0.260 e. The number of piperidine rings is 1. The summed E-state index contributed by atoms with van der Waals surface area (Å²) in [5.41, 5.74) is 1.57. The largest absolute Gasteiger partial charge is 0.393 e. The molecular weight excluding hydrogens is 526 g/mol. The SMILES string of the molecule is O[C@H]1CC[C@H](Nc2nc(CN3CCCC(F)(F)C3)cc(Nc3nc4ccc(Br)cc4s3)n2)CC1. The van der Waals surface area contributed by atoms with Gasteiger partial charge in [0, 0.05) is 29.5 Å². The molecule has 2 aromatic heterocycles. The van der Waals surface area contributed by atoms with E-state index in [1.807, 2.05) is 24.3 Å². The molecule has 3 aromatic rings. The summed E-state index contributed by atoms with van der Waals surface area (Å²) in [5, 5.41) is 17.2. The average molecular weight is 553 g/mol. The van der Waals surface area contributed by atoms with Crippen molar-refractivity contribution in [3.63, 3.8) is 0 Å². The summed E-state index contributed by atoms with van der Waals surface area (Å²) in [5.74, 6) is -1.62. The molecule has 1 aromatic carbocycles. The summed E-state index contributed by atoms with van der Waals surface area (Å²) in [6.07, 6.45) is 3.32. The van der Waals surface area contributed by atoms with Crippen LogP contribution in [0.4, 0.5) is 25.7 Å². The second-order valence-corrected chi connectivity index (χ2v) is 11.1. The smallest absolute Gasteiger partial charge is 0.260 e. The Morgan fingerprint density at radius 3 is 2.76 bits per heavy atom. The maximum absolute atomic E-state index is 13.9. The Labute approximate surface area is 209 Å². The Balaban J connectivity index is 1.38. The van der Waals surface area contributed by atoms with Crippen LogP contribution in [-0.4, -0.2) is 56.1 Å².